The van der Waals surface area contributed by atoms with Gasteiger partial charge in [0.05, 0.1) is 5.52 Å². The molecule has 2 rings (SSSR count). The first-order valence-corrected chi connectivity index (χ1v) is 4.09. The van der Waals surface area contributed by atoms with Gasteiger partial charge in [0.25, 0.3) is 0 Å². The predicted molar refractivity (Wildman–Crippen MR) is 49.3 cm³/mol. The van der Waals surface area contributed by atoms with Crippen LogP contribution >= 0.6 is 0 Å². The maximum atomic E-state index is 9.50. The van der Waals surface area contributed by atoms with Crippen molar-refractivity contribution >= 4 is 10.9 Å². The Bertz CT molecular complexity index is 403. The Hall–Kier alpha value is -1.44. The van der Waals surface area contributed by atoms with Crippen molar-refractivity contribution < 1.29 is 5.11 Å². The van der Waals surface area contributed by atoms with Gasteiger partial charge in [0, 0.05) is 18.1 Å². The first-order valence-electron chi connectivity index (χ1n) is 4.09. The van der Waals surface area contributed by atoms with Crippen LogP contribution in [0.2, 0.25) is 0 Å². The van der Waals surface area contributed by atoms with E-state index < -0.39 is 0 Å². The monoisotopic (exact) mass is 161 g/mol. The summed E-state index contributed by atoms with van der Waals surface area (Å²) >= 11 is 0. The number of hydrogen-bond donors (Lipinski definition) is 1. The summed E-state index contributed by atoms with van der Waals surface area (Å²) in [6.45, 7) is 2.95. The molecule has 2 nitrogen and oxygen atoms in total. The summed E-state index contributed by atoms with van der Waals surface area (Å²) in [5.41, 5.74) is 1.09. The molecule has 0 unspecified atom stereocenters. The summed E-state index contributed by atoms with van der Waals surface area (Å²) in [6.07, 6.45) is 1.77. The Balaban J connectivity index is 2.82. The number of rotatable bonds is 1. The first-order chi connectivity index (χ1) is 5.83. The smallest absolute Gasteiger partial charge is 0.141 e. The quantitative estimate of drug-likeness (QED) is 0.682. The van der Waals surface area contributed by atoms with E-state index in [-0.39, 0.29) is 0 Å². The highest BCUT2D eigenvalue weighted by Gasteiger charge is 2.03. The Labute approximate surface area is 71.1 Å². The van der Waals surface area contributed by atoms with Crippen LogP contribution in [0.3, 0.4) is 0 Å². The highest BCUT2D eigenvalue weighted by molar-refractivity contribution is 5.86. The van der Waals surface area contributed by atoms with Gasteiger partial charge in [0.2, 0.25) is 0 Å². The molecule has 0 atom stereocenters. The Morgan fingerprint density at radius 2 is 2.08 bits per heavy atom. The number of aromatic hydroxyl groups is 1. The fraction of sp³-hybridized carbons (Fsp3) is 0.200. The van der Waals surface area contributed by atoms with Gasteiger partial charge < -0.3 is 9.67 Å². The molecule has 0 fully saturated rings. The van der Waals surface area contributed by atoms with Crippen LogP contribution < -0.4 is 0 Å². The molecule has 12 heavy (non-hydrogen) atoms. The molecular weight excluding hydrogens is 150 g/mol. The second kappa shape index (κ2) is 2.55. The van der Waals surface area contributed by atoms with Crippen molar-refractivity contribution in [2.24, 2.45) is 0 Å². The van der Waals surface area contributed by atoms with Crippen LogP contribution in [0.15, 0.2) is 30.5 Å². The van der Waals surface area contributed by atoms with Gasteiger partial charge in [-0.05, 0) is 19.1 Å². The Kier molecular flexibility index (Phi) is 1.54. The van der Waals surface area contributed by atoms with Crippen LogP contribution in [-0.4, -0.2) is 9.67 Å². The fourth-order valence-corrected chi connectivity index (χ4v) is 1.49. The maximum Gasteiger partial charge on any atom is 0.141 e. The van der Waals surface area contributed by atoms with E-state index in [9.17, 15) is 5.11 Å². The highest BCUT2D eigenvalue weighted by atomic mass is 16.3. The van der Waals surface area contributed by atoms with Gasteiger partial charge in [0.15, 0.2) is 0 Å². The lowest BCUT2D eigenvalue weighted by molar-refractivity contribution is 0.478. The van der Waals surface area contributed by atoms with Crippen molar-refractivity contribution in [2.45, 2.75) is 13.5 Å². The third-order valence-corrected chi connectivity index (χ3v) is 2.11. The largest absolute Gasteiger partial charge is 0.506 e. The predicted octanol–water partition coefficient (Wildman–Crippen LogP) is 2.37. The minimum Gasteiger partial charge on any atom is -0.506 e. The normalized spacial score (nSPS) is 10.8. The number of hydrogen-bond acceptors (Lipinski definition) is 1. The van der Waals surface area contributed by atoms with Gasteiger partial charge in [-0.25, -0.2) is 0 Å². The molecule has 2 heteroatoms. The molecule has 1 aromatic heterocycles. The third-order valence-electron chi connectivity index (χ3n) is 2.11. The van der Waals surface area contributed by atoms with Gasteiger partial charge in [-0.2, -0.15) is 0 Å². The van der Waals surface area contributed by atoms with E-state index in [1.807, 2.05) is 28.8 Å². The van der Waals surface area contributed by atoms with Gasteiger partial charge in [-0.3, -0.25) is 0 Å². The lowest BCUT2D eigenvalue weighted by Crippen LogP contribution is -1.89. The number of nitrogens with zero attached hydrogens (tertiary/aromatic N) is 1. The molecule has 1 aromatic carbocycles. The molecule has 0 bridgehead atoms. The number of fused-ring (bicyclic) bond motifs is 1. The van der Waals surface area contributed by atoms with Crippen molar-refractivity contribution in [3.05, 3.63) is 30.5 Å². The molecule has 1 N–H and O–H groups in total. The SMILES string of the molecule is CCn1cc(O)c2ccccc21. The summed E-state index contributed by atoms with van der Waals surface area (Å²) in [5, 5.41) is 10.4. The van der Waals surface area contributed by atoms with Crippen LogP contribution in [0.1, 0.15) is 6.92 Å². The zero-order valence-electron chi connectivity index (χ0n) is 6.99. The summed E-state index contributed by atoms with van der Waals surface area (Å²) < 4.78 is 2.03. The average Bonchev–Trinajstić information content (AvgIpc) is 2.44. The van der Waals surface area contributed by atoms with Crippen LogP contribution in [0.5, 0.6) is 5.75 Å². The summed E-state index contributed by atoms with van der Waals surface area (Å²) in [7, 11) is 0. The minimum atomic E-state index is 0.368. The average molecular weight is 161 g/mol. The zero-order chi connectivity index (χ0) is 8.55. The molecule has 0 saturated carbocycles. The molecule has 1 heterocycles. The summed E-state index contributed by atoms with van der Waals surface area (Å²) in [6, 6.07) is 7.85. The van der Waals surface area contributed by atoms with Gasteiger partial charge in [-0.15, -0.1) is 0 Å². The van der Waals surface area contributed by atoms with E-state index in [0.29, 0.717) is 5.75 Å². The van der Waals surface area contributed by atoms with Crippen molar-refractivity contribution in [3.63, 3.8) is 0 Å². The van der Waals surface area contributed by atoms with Crippen molar-refractivity contribution in [2.75, 3.05) is 0 Å². The number of aromatic nitrogens is 1. The summed E-state index contributed by atoms with van der Waals surface area (Å²) in [5.74, 6) is 0.368. The molecule has 62 valence electrons. The van der Waals surface area contributed by atoms with Crippen molar-refractivity contribution in [3.8, 4) is 5.75 Å². The van der Waals surface area contributed by atoms with E-state index in [2.05, 4.69) is 6.92 Å². The summed E-state index contributed by atoms with van der Waals surface area (Å²) in [4.78, 5) is 0. The molecule has 2 aromatic rings. The lowest BCUT2D eigenvalue weighted by atomic mass is 10.2. The number of aryl methyl sites for hydroxylation is 1. The molecule has 0 spiro atoms. The van der Waals surface area contributed by atoms with E-state index in [1.165, 1.54) is 0 Å². The number of benzene rings is 1. The van der Waals surface area contributed by atoms with Gasteiger partial charge in [-0.1, -0.05) is 12.1 Å². The zero-order valence-corrected chi connectivity index (χ0v) is 6.99. The molecule has 0 saturated heterocycles. The second-order valence-electron chi connectivity index (χ2n) is 2.82. The van der Waals surface area contributed by atoms with E-state index in [4.69, 9.17) is 0 Å². The van der Waals surface area contributed by atoms with Crippen LogP contribution in [0, 0.1) is 0 Å². The van der Waals surface area contributed by atoms with E-state index in [0.717, 1.165) is 17.4 Å². The molecular formula is C10H11NO. The standard InChI is InChI=1S/C10H11NO/c1-2-11-7-10(12)8-5-3-4-6-9(8)11/h3-7,12H,2H2,1H3. The fourth-order valence-electron chi connectivity index (χ4n) is 1.49. The second-order valence-corrected chi connectivity index (χ2v) is 2.82. The van der Waals surface area contributed by atoms with Gasteiger partial charge >= 0.3 is 0 Å². The highest BCUT2D eigenvalue weighted by Crippen LogP contribution is 2.25. The topological polar surface area (TPSA) is 25.2 Å². The molecule has 0 amide bonds. The molecule has 0 aliphatic rings. The Morgan fingerprint density at radius 3 is 2.83 bits per heavy atom. The maximum absolute atomic E-state index is 9.50. The van der Waals surface area contributed by atoms with Crippen LogP contribution in [-0.2, 0) is 6.54 Å². The van der Waals surface area contributed by atoms with Crippen LogP contribution in [0.25, 0.3) is 10.9 Å². The van der Waals surface area contributed by atoms with E-state index >= 15 is 0 Å². The third kappa shape index (κ3) is 0.881. The van der Waals surface area contributed by atoms with Gasteiger partial charge in [0.1, 0.15) is 5.75 Å². The molecule has 0 radical (unpaired) electrons. The van der Waals surface area contributed by atoms with Crippen LogP contribution in [0.4, 0.5) is 0 Å². The first kappa shape index (κ1) is 7.22. The Morgan fingerprint density at radius 1 is 1.33 bits per heavy atom. The molecule has 0 aliphatic heterocycles. The molecule has 0 aliphatic carbocycles. The van der Waals surface area contributed by atoms with E-state index in [1.54, 1.807) is 6.20 Å². The lowest BCUT2D eigenvalue weighted by Gasteiger charge is -1.97. The van der Waals surface area contributed by atoms with Crippen molar-refractivity contribution in [1.29, 1.82) is 0 Å². The van der Waals surface area contributed by atoms with Crippen molar-refractivity contribution in [1.82, 2.24) is 4.57 Å². The number of para-hydroxylation sites is 1. The minimum absolute atomic E-state index is 0.368.